The van der Waals surface area contributed by atoms with Crippen molar-refractivity contribution in [1.82, 2.24) is 0 Å². The molecule has 1 aliphatic rings. The lowest BCUT2D eigenvalue weighted by atomic mass is 10.0. The molecule has 1 heterocycles. The number of benzene rings is 3. The largest absolute Gasteiger partial charge is 0.481 e. The molecule has 0 aliphatic carbocycles. The van der Waals surface area contributed by atoms with Gasteiger partial charge in [-0.25, -0.2) is 4.39 Å². The second kappa shape index (κ2) is 9.30. The van der Waals surface area contributed by atoms with Crippen molar-refractivity contribution in [2.24, 2.45) is 0 Å². The van der Waals surface area contributed by atoms with Gasteiger partial charge in [-0.2, -0.15) is 0 Å². The molecule has 1 unspecified atom stereocenters. The molecule has 1 aliphatic heterocycles. The van der Waals surface area contributed by atoms with Gasteiger partial charge in [0, 0.05) is 5.69 Å². The van der Waals surface area contributed by atoms with Gasteiger partial charge in [-0.1, -0.05) is 42.5 Å². The van der Waals surface area contributed by atoms with E-state index in [2.05, 4.69) is 10.6 Å². The Morgan fingerprint density at radius 2 is 1.66 bits per heavy atom. The quantitative estimate of drug-likeness (QED) is 0.622. The molecular weight excluding hydrogens is 413 g/mol. The number of hydrogen-bond acceptors (Lipinski definition) is 4. The zero-order valence-corrected chi connectivity index (χ0v) is 17.0. The van der Waals surface area contributed by atoms with Crippen LogP contribution in [0.5, 0.6) is 5.75 Å². The summed E-state index contributed by atoms with van der Waals surface area (Å²) >= 11 is 0. The summed E-state index contributed by atoms with van der Waals surface area (Å²) in [4.78, 5) is 39.8. The van der Waals surface area contributed by atoms with Gasteiger partial charge >= 0.3 is 0 Å². The number of anilines is 3. The Hall–Kier alpha value is -4.20. The van der Waals surface area contributed by atoms with Gasteiger partial charge in [0.25, 0.3) is 5.91 Å². The first-order valence-corrected chi connectivity index (χ1v) is 9.97. The molecular formula is C24H20FN3O4. The van der Waals surface area contributed by atoms with E-state index >= 15 is 0 Å². The molecule has 0 radical (unpaired) electrons. The van der Waals surface area contributed by atoms with Gasteiger partial charge in [0.15, 0.2) is 18.2 Å². The van der Waals surface area contributed by atoms with Crippen molar-refractivity contribution in [3.63, 3.8) is 0 Å². The molecule has 2 N–H and O–H groups in total. The average Bonchev–Trinajstić information content (AvgIpc) is 2.79. The van der Waals surface area contributed by atoms with E-state index in [0.717, 1.165) is 0 Å². The van der Waals surface area contributed by atoms with Crippen molar-refractivity contribution in [2.75, 3.05) is 22.1 Å². The number of nitrogens with zero attached hydrogens (tertiary/aromatic N) is 1. The number of nitrogens with one attached hydrogen (secondary N) is 2. The van der Waals surface area contributed by atoms with E-state index in [1.165, 1.54) is 23.1 Å². The van der Waals surface area contributed by atoms with Crippen molar-refractivity contribution in [3.05, 3.63) is 84.7 Å². The standard InChI is InChI=1S/C24H20FN3O4/c25-17-10-4-7-13-21(17)32-15-23(30)28-19-12-6-5-11-18(19)27-24(31)20(28)14-22(29)26-16-8-2-1-3-9-16/h1-13,20H,14-15H2,(H,26,29)(H,27,31). The van der Waals surface area contributed by atoms with E-state index in [0.29, 0.717) is 17.1 Å². The smallest absolute Gasteiger partial charge is 0.265 e. The van der Waals surface area contributed by atoms with Gasteiger partial charge in [-0.15, -0.1) is 0 Å². The van der Waals surface area contributed by atoms with Crippen LogP contribution in [0, 0.1) is 5.82 Å². The fraction of sp³-hybridized carbons (Fsp3) is 0.125. The third-order valence-corrected chi connectivity index (χ3v) is 4.93. The van der Waals surface area contributed by atoms with Crippen LogP contribution in [-0.4, -0.2) is 30.4 Å². The maximum atomic E-state index is 13.9. The Labute approximate surface area is 183 Å². The van der Waals surface area contributed by atoms with Crippen molar-refractivity contribution in [2.45, 2.75) is 12.5 Å². The highest BCUT2D eigenvalue weighted by molar-refractivity contribution is 6.14. The summed E-state index contributed by atoms with van der Waals surface area (Å²) in [5.41, 5.74) is 1.46. The highest BCUT2D eigenvalue weighted by Crippen LogP contribution is 2.33. The van der Waals surface area contributed by atoms with E-state index in [1.807, 2.05) is 6.07 Å². The fourth-order valence-electron chi connectivity index (χ4n) is 3.46. The van der Waals surface area contributed by atoms with Crippen molar-refractivity contribution < 1.29 is 23.5 Å². The topological polar surface area (TPSA) is 87.7 Å². The van der Waals surface area contributed by atoms with Crippen LogP contribution in [0.25, 0.3) is 0 Å². The third kappa shape index (κ3) is 4.59. The number of carbonyl (C=O) groups excluding carboxylic acids is 3. The highest BCUT2D eigenvalue weighted by Gasteiger charge is 2.38. The number of rotatable bonds is 6. The van der Waals surface area contributed by atoms with Crippen molar-refractivity contribution in [1.29, 1.82) is 0 Å². The Morgan fingerprint density at radius 3 is 2.44 bits per heavy atom. The van der Waals surface area contributed by atoms with E-state index < -0.39 is 36.2 Å². The lowest BCUT2D eigenvalue weighted by Crippen LogP contribution is -2.53. The number of halogens is 1. The van der Waals surface area contributed by atoms with E-state index in [-0.39, 0.29) is 12.2 Å². The van der Waals surface area contributed by atoms with Gasteiger partial charge < -0.3 is 15.4 Å². The first-order chi connectivity index (χ1) is 15.5. The van der Waals surface area contributed by atoms with E-state index in [4.69, 9.17) is 4.74 Å². The lowest BCUT2D eigenvalue weighted by Gasteiger charge is -2.36. The number of fused-ring (bicyclic) bond motifs is 1. The fourth-order valence-corrected chi connectivity index (χ4v) is 3.46. The SMILES string of the molecule is O=C(CC1C(=O)Nc2ccccc2N1C(=O)COc1ccccc1F)Nc1ccccc1. The second-order valence-corrected chi connectivity index (χ2v) is 7.12. The van der Waals surface area contributed by atoms with Crippen LogP contribution in [0.15, 0.2) is 78.9 Å². The zero-order chi connectivity index (χ0) is 22.5. The minimum Gasteiger partial charge on any atom is -0.481 e. The molecule has 4 rings (SSSR count). The van der Waals surface area contributed by atoms with Gasteiger partial charge in [-0.3, -0.25) is 19.3 Å². The molecule has 0 saturated carbocycles. The van der Waals surface area contributed by atoms with Crippen LogP contribution in [0.3, 0.4) is 0 Å². The number of hydrogen-bond donors (Lipinski definition) is 2. The van der Waals surface area contributed by atoms with E-state index in [1.54, 1.807) is 54.6 Å². The summed E-state index contributed by atoms with van der Waals surface area (Å²) < 4.78 is 19.2. The highest BCUT2D eigenvalue weighted by atomic mass is 19.1. The predicted octanol–water partition coefficient (Wildman–Crippen LogP) is 3.59. The number of ether oxygens (including phenoxy) is 1. The molecule has 0 fully saturated rings. The van der Waals surface area contributed by atoms with E-state index in [9.17, 15) is 18.8 Å². The summed E-state index contributed by atoms with van der Waals surface area (Å²) in [6, 6.07) is 20.2. The summed E-state index contributed by atoms with van der Waals surface area (Å²) in [6.45, 7) is -0.501. The monoisotopic (exact) mass is 433 g/mol. The maximum Gasteiger partial charge on any atom is 0.265 e. The predicted molar refractivity (Wildman–Crippen MR) is 118 cm³/mol. The van der Waals surface area contributed by atoms with Gasteiger partial charge in [0.05, 0.1) is 17.8 Å². The summed E-state index contributed by atoms with van der Waals surface area (Å²) in [7, 11) is 0. The maximum absolute atomic E-state index is 13.9. The van der Waals surface area contributed by atoms with Crippen LogP contribution in [0.1, 0.15) is 6.42 Å². The minimum atomic E-state index is -1.09. The van der Waals surface area contributed by atoms with Crippen LogP contribution in [0.4, 0.5) is 21.5 Å². The number of para-hydroxylation sites is 4. The molecule has 162 valence electrons. The third-order valence-electron chi connectivity index (χ3n) is 4.93. The van der Waals surface area contributed by atoms with Crippen LogP contribution in [0.2, 0.25) is 0 Å². The Morgan fingerprint density at radius 1 is 0.969 bits per heavy atom. The van der Waals surface area contributed by atoms with Crippen LogP contribution >= 0.6 is 0 Å². The first-order valence-electron chi connectivity index (χ1n) is 9.97. The molecule has 0 aromatic heterocycles. The summed E-state index contributed by atoms with van der Waals surface area (Å²) in [5.74, 6) is -2.17. The molecule has 0 saturated heterocycles. The molecule has 0 bridgehead atoms. The van der Waals surface area contributed by atoms with Crippen LogP contribution < -0.4 is 20.3 Å². The molecule has 3 aromatic rings. The lowest BCUT2D eigenvalue weighted by molar-refractivity contribution is -0.127. The van der Waals surface area contributed by atoms with Gasteiger partial charge in [-0.05, 0) is 36.4 Å². The number of carbonyl (C=O) groups is 3. The van der Waals surface area contributed by atoms with Gasteiger partial charge in [0.1, 0.15) is 6.04 Å². The summed E-state index contributed by atoms with van der Waals surface area (Å²) in [6.07, 6.45) is -0.263. The molecule has 8 heteroatoms. The Balaban J connectivity index is 1.56. The van der Waals surface area contributed by atoms with Gasteiger partial charge in [0.2, 0.25) is 11.8 Å². The zero-order valence-electron chi connectivity index (χ0n) is 17.0. The number of amides is 3. The molecule has 0 spiro atoms. The molecule has 3 aromatic carbocycles. The Kier molecular flexibility index (Phi) is 6.12. The van der Waals surface area contributed by atoms with Crippen LogP contribution in [-0.2, 0) is 14.4 Å². The second-order valence-electron chi connectivity index (χ2n) is 7.12. The first kappa shape index (κ1) is 21.0. The van der Waals surface area contributed by atoms with Crippen molar-refractivity contribution in [3.8, 4) is 5.75 Å². The molecule has 32 heavy (non-hydrogen) atoms. The normalized spacial score (nSPS) is 14.8. The molecule has 3 amide bonds. The molecule has 7 nitrogen and oxygen atoms in total. The average molecular weight is 433 g/mol. The minimum absolute atomic E-state index is 0.0750. The Bertz CT molecular complexity index is 1150. The summed E-state index contributed by atoms with van der Waals surface area (Å²) in [5, 5.41) is 5.45. The van der Waals surface area contributed by atoms with Crippen molar-refractivity contribution >= 4 is 34.8 Å². The molecule has 1 atom stereocenters.